The van der Waals surface area contributed by atoms with Crippen LogP contribution in [0.15, 0.2) is 12.1 Å². The van der Waals surface area contributed by atoms with Gasteiger partial charge in [0.15, 0.2) is 5.65 Å². The van der Waals surface area contributed by atoms with Crippen molar-refractivity contribution >= 4 is 32.8 Å². The Morgan fingerprint density at radius 1 is 1.38 bits per heavy atom. The number of aromatic nitrogens is 3. The van der Waals surface area contributed by atoms with Crippen LogP contribution in [-0.4, -0.2) is 42.9 Å². The van der Waals surface area contributed by atoms with Gasteiger partial charge in [-0.05, 0) is 12.5 Å². The summed E-state index contributed by atoms with van der Waals surface area (Å²) in [5.74, 6) is 1.46. The van der Waals surface area contributed by atoms with Crippen molar-refractivity contribution in [3.8, 4) is 5.88 Å². The number of hydrogen-bond donors (Lipinski definition) is 1. The highest BCUT2D eigenvalue weighted by molar-refractivity contribution is 7.88. The van der Waals surface area contributed by atoms with Gasteiger partial charge in [-0.25, -0.2) is 18.1 Å². The predicted octanol–water partition coefficient (Wildman–Crippen LogP) is 1.12. The van der Waals surface area contributed by atoms with Gasteiger partial charge in [0.1, 0.15) is 11.3 Å². The van der Waals surface area contributed by atoms with E-state index in [0.717, 1.165) is 11.8 Å². The van der Waals surface area contributed by atoms with Gasteiger partial charge in [-0.3, -0.25) is 0 Å². The molecule has 0 atom stereocenters. The van der Waals surface area contributed by atoms with Gasteiger partial charge in [-0.15, -0.1) is 11.6 Å². The maximum atomic E-state index is 11.0. The Labute approximate surface area is 128 Å². The van der Waals surface area contributed by atoms with Crippen LogP contribution in [-0.2, 0) is 22.4 Å². The number of nitrogens with one attached hydrogen (secondary N) is 1. The van der Waals surface area contributed by atoms with Crippen LogP contribution in [0.2, 0.25) is 0 Å². The van der Waals surface area contributed by atoms with Crippen LogP contribution >= 0.6 is 11.6 Å². The number of nitrogens with zero attached hydrogens (tertiary/aromatic N) is 3. The summed E-state index contributed by atoms with van der Waals surface area (Å²) in [6.07, 6.45) is 1.75. The van der Waals surface area contributed by atoms with E-state index in [2.05, 4.69) is 14.7 Å². The van der Waals surface area contributed by atoms with Crippen molar-refractivity contribution in [3.63, 3.8) is 0 Å². The molecule has 0 amide bonds. The molecule has 0 aliphatic rings. The number of sulfonamides is 1. The third kappa shape index (κ3) is 4.05. The van der Waals surface area contributed by atoms with Crippen LogP contribution in [0.25, 0.3) is 11.2 Å². The quantitative estimate of drug-likeness (QED) is 0.606. The number of rotatable bonds is 7. The van der Waals surface area contributed by atoms with Gasteiger partial charge in [0, 0.05) is 19.2 Å². The van der Waals surface area contributed by atoms with E-state index in [9.17, 15) is 8.42 Å². The monoisotopic (exact) mass is 332 g/mol. The largest absolute Gasteiger partial charge is 0.481 e. The molecule has 2 heterocycles. The number of fused-ring (bicyclic) bond motifs is 1. The third-order valence-electron chi connectivity index (χ3n) is 2.90. The average Bonchev–Trinajstić information content (AvgIpc) is 2.79. The summed E-state index contributed by atoms with van der Waals surface area (Å²) < 4.78 is 31.5. The number of imidazole rings is 1. The van der Waals surface area contributed by atoms with Crippen LogP contribution in [0.3, 0.4) is 0 Å². The molecule has 0 spiro atoms. The van der Waals surface area contributed by atoms with Gasteiger partial charge in [0.2, 0.25) is 15.9 Å². The van der Waals surface area contributed by atoms with E-state index in [4.69, 9.17) is 16.3 Å². The van der Waals surface area contributed by atoms with Gasteiger partial charge in [0.05, 0.1) is 19.2 Å². The standard InChI is InChI=1S/C12H17ClN4O3S/c1-20-11-5-4-9-12(16-11)17(10(8-13)15-9)7-3-6-14-21(2,18)19/h4-5,14H,3,6-8H2,1-2H3. The van der Waals surface area contributed by atoms with E-state index < -0.39 is 10.0 Å². The molecule has 0 saturated carbocycles. The molecule has 0 aliphatic carbocycles. The minimum absolute atomic E-state index is 0.262. The minimum Gasteiger partial charge on any atom is -0.481 e. The summed E-state index contributed by atoms with van der Waals surface area (Å²) in [5.41, 5.74) is 1.42. The lowest BCUT2D eigenvalue weighted by molar-refractivity contribution is 0.399. The molecule has 0 unspecified atom stereocenters. The molecule has 0 bridgehead atoms. The second kappa shape index (κ2) is 6.59. The lowest BCUT2D eigenvalue weighted by Crippen LogP contribution is -2.24. The molecule has 2 aromatic rings. The molecule has 2 rings (SSSR count). The Bertz CT molecular complexity index is 729. The fourth-order valence-electron chi connectivity index (χ4n) is 1.98. The first-order valence-corrected chi connectivity index (χ1v) is 8.78. The first-order valence-electron chi connectivity index (χ1n) is 6.35. The highest BCUT2D eigenvalue weighted by Crippen LogP contribution is 2.19. The molecule has 0 fully saturated rings. The fraction of sp³-hybridized carbons (Fsp3) is 0.500. The van der Waals surface area contributed by atoms with Crippen molar-refractivity contribution in [3.05, 3.63) is 18.0 Å². The van der Waals surface area contributed by atoms with Crippen LogP contribution in [0, 0.1) is 0 Å². The van der Waals surface area contributed by atoms with E-state index >= 15 is 0 Å². The summed E-state index contributed by atoms with van der Waals surface area (Å²) in [6.45, 7) is 0.922. The zero-order chi connectivity index (χ0) is 15.5. The van der Waals surface area contributed by atoms with Gasteiger partial charge >= 0.3 is 0 Å². The molecule has 0 aliphatic heterocycles. The molecule has 116 valence electrons. The summed E-state index contributed by atoms with van der Waals surface area (Å²) in [7, 11) is -1.62. The smallest absolute Gasteiger partial charge is 0.215 e. The van der Waals surface area contributed by atoms with Crippen molar-refractivity contribution in [2.24, 2.45) is 0 Å². The van der Waals surface area contributed by atoms with E-state index in [0.29, 0.717) is 36.9 Å². The Hall–Kier alpha value is -1.38. The normalized spacial score (nSPS) is 12.0. The molecule has 2 aromatic heterocycles. The molecule has 9 heteroatoms. The number of alkyl halides is 1. The highest BCUT2D eigenvalue weighted by Gasteiger charge is 2.12. The summed E-state index contributed by atoms with van der Waals surface area (Å²) in [4.78, 5) is 8.78. The summed E-state index contributed by atoms with van der Waals surface area (Å²) >= 11 is 5.91. The molecular weight excluding hydrogens is 316 g/mol. The van der Waals surface area contributed by atoms with Crippen molar-refractivity contribution in [1.29, 1.82) is 0 Å². The Morgan fingerprint density at radius 2 is 2.14 bits per heavy atom. The number of hydrogen-bond acceptors (Lipinski definition) is 5. The van der Waals surface area contributed by atoms with Gasteiger partial charge in [0.25, 0.3) is 0 Å². The Balaban J connectivity index is 2.20. The average molecular weight is 333 g/mol. The van der Waals surface area contributed by atoms with Crippen molar-refractivity contribution < 1.29 is 13.2 Å². The second-order valence-corrected chi connectivity index (χ2v) is 6.63. The van der Waals surface area contributed by atoms with E-state index in [1.165, 1.54) is 0 Å². The number of methoxy groups -OCH3 is 1. The lowest BCUT2D eigenvalue weighted by atomic mass is 10.4. The van der Waals surface area contributed by atoms with Gasteiger partial charge in [-0.2, -0.15) is 4.98 Å². The second-order valence-electron chi connectivity index (χ2n) is 4.53. The summed E-state index contributed by atoms with van der Waals surface area (Å²) in [6, 6.07) is 3.56. The molecule has 1 N–H and O–H groups in total. The first-order chi connectivity index (χ1) is 9.94. The lowest BCUT2D eigenvalue weighted by Gasteiger charge is -2.08. The molecular formula is C12H17ClN4O3S. The van der Waals surface area contributed by atoms with E-state index in [1.807, 2.05) is 10.6 Å². The topological polar surface area (TPSA) is 86.1 Å². The molecule has 21 heavy (non-hydrogen) atoms. The first kappa shape index (κ1) is 16.0. The maximum Gasteiger partial charge on any atom is 0.215 e. The van der Waals surface area contributed by atoms with Crippen LogP contribution in [0.1, 0.15) is 12.2 Å². The minimum atomic E-state index is -3.17. The van der Waals surface area contributed by atoms with Gasteiger partial charge in [-0.1, -0.05) is 0 Å². The van der Waals surface area contributed by atoms with Crippen molar-refractivity contribution in [2.75, 3.05) is 19.9 Å². The summed E-state index contributed by atoms with van der Waals surface area (Å²) in [5, 5.41) is 0. The molecule has 7 nitrogen and oxygen atoms in total. The number of aryl methyl sites for hydroxylation is 1. The zero-order valence-electron chi connectivity index (χ0n) is 11.8. The van der Waals surface area contributed by atoms with E-state index in [1.54, 1.807) is 13.2 Å². The fourth-order valence-corrected chi connectivity index (χ4v) is 2.70. The molecule has 0 radical (unpaired) electrons. The predicted molar refractivity (Wildman–Crippen MR) is 81.1 cm³/mol. The number of halogens is 1. The Morgan fingerprint density at radius 3 is 2.76 bits per heavy atom. The number of pyridine rings is 1. The third-order valence-corrected chi connectivity index (χ3v) is 3.86. The van der Waals surface area contributed by atoms with Crippen molar-refractivity contribution in [2.45, 2.75) is 18.8 Å². The highest BCUT2D eigenvalue weighted by atomic mass is 35.5. The molecule has 0 aromatic carbocycles. The van der Waals surface area contributed by atoms with E-state index in [-0.39, 0.29) is 5.88 Å². The SMILES string of the molecule is COc1ccc2nc(CCl)n(CCCNS(C)(=O)=O)c2n1. The van der Waals surface area contributed by atoms with Crippen LogP contribution in [0.5, 0.6) is 5.88 Å². The number of ether oxygens (including phenoxy) is 1. The maximum absolute atomic E-state index is 11.0. The van der Waals surface area contributed by atoms with Gasteiger partial charge < -0.3 is 9.30 Å². The van der Waals surface area contributed by atoms with Crippen LogP contribution < -0.4 is 9.46 Å². The van der Waals surface area contributed by atoms with Crippen LogP contribution in [0.4, 0.5) is 0 Å². The zero-order valence-corrected chi connectivity index (χ0v) is 13.4. The van der Waals surface area contributed by atoms with Crippen molar-refractivity contribution in [1.82, 2.24) is 19.3 Å². The molecule has 0 saturated heterocycles. The Kier molecular flexibility index (Phi) is 5.02.